The minimum absolute atomic E-state index is 0.0193. The summed E-state index contributed by atoms with van der Waals surface area (Å²) in [6.07, 6.45) is -3.71. The van der Waals surface area contributed by atoms with Gasteiger partial charge in [0.05, 0.1) is 6.61 Å². The number of allylic oxidation sites excluding steroid dienone is 2. The number of thiazole rings is 1. The van der Waals surface area contributed by atoms with Crippen LogP contribution in [0.1, 0.15) is 30.3 Å². The van der Waals surface area contributed by atoms with Crippen LogP contribution >= 0.6 is 11.3 Å². The first-order valence-corrected chi connectivity index (χ1v) is 7.96. The number of esters is 1. The van der Waals surface area contributed by atoms with E-state index in [1.807, 2.05) is 0 Å². The van der Waals surface area contributed by atoms with Crippen molar-refractivity contribution in [2.75, 3.05) is 30.8 Å². The van der Waals surface area contributed by atoms with Crippen molar-refractivity contribution < 1.29 is 27.5 Å². The predicted octanol–water partition coefficient (Wildman–Crippen LogP) is 3.24. The van der Waals surface area contributed by atoms with E-state index in [4.69, 9.17) is 4.74 Å². The fraction of sp³-hybridized carbons (Fsp3) is 0.500. The van der Waals surface area contributed by atoms with Crippen LogP contribution in [0.5, 0.6) is 0 Å². The van der Waals surface area contributed by atoms with E-state index in [-0.39, 0.29) is 24.8 Å². The Hall–Kier alpha value is -2.10. The lowest BCUT2D eigenvalue weighted by molar-refractivity contribution is -0.115. The second-order valence-electron chi connectivity index (χ2n) is 4.54. The van der Waals surface area contributed by atoms with E-state index in [0.29, 0.717) is 29.2 Å². The average molecular weight is 365 g/mol. The smallest absolute Gasteiger partial charge is 0.409 e. The van der Waals surface area contributed by atoms with Gasteiger partial charge in [-0.2, -0.15) is 13.2 Å². The number of aromatic nitrogens is 1. The zero-order chi connectivity index (χ0) is 18.2. The monoisotopic (exact) mass is 365 g/mol. The number of carbonyl (C=O) groups excluding carboxylic acids is 2. The van der Waals surface area contributed by atoms with Gasteiger partial charge in [-0.1, -0.05) is 11.3 Å². The fourth-order valence-corrected chi connectivity index (χ4v) is 2.46. The van der Waals surface area contributed by atoms with E-state index < -0.39 is 17.9 Å². The molecule has 0 aromatic carbocycles. The summed E-state index contributed by atoms with van der Waals surface area (Å²) in [5.41, 5.74) is 0.163. The quantitative estimate of drug-likeness (QED) is 0.397. The molecular formula is C14H18F3N3O3S. The summed E-state index contributed by atoms with van der Waals surface area (Å²) in [5, 5.41) is 6.77. The lowest BCUT2D eigenvalue weighted by Gasteiger charge is -2.01. The van der Waals surface area contributed by atoms with E-state index in [9.17, 15) is 22.8 Å². The number of ketones is 1. The van der Waals surface area contributed by atoms with Gasteiger partial charge in [-0.25, -0.2) is 9.78 Å². The summed E-state index contributed by atoms with van der Waals surface area (Å²) in [4.78, 5) is 27.1. The molecule has 1 rings (SSSR count). The van der Waals surface area contributed by atoms with Gasteiger partial charge in [0.25, 0.3) is 0 Å². The highest BCUT2D eigenvalue weighted by molar-refractivity contribution is 7.19. The van der Waals surface area contributed by atoms with Crippen molar-refractivity contribution >= 4 is 33.2 Å². The largest absolute Gasteiger partial charge is 0.461 e. The first-order valence-electron chi connectivity index (χ1n) is 7.15. The molecule has 2 N–H and O–H groups in total. The highest BCUT2D eigenvalue weighted by Gasteiger charge is 2.22. The molecule has 1 heterocycles. The Bertz CT molecular complexity index is 600. The van der Waals surface area contributed by atoms with E-state index in [1.54, 1.807) is 14.0 Å². The number of carbonyl (C=O) groups is 2. The van der Waals surface area contributed by atoms with E-state index >= 15 is 0 Å². The van der Waals surface area contributed by atoms with Crippen LogP contribution in [0.2, 0.25) is 0 Å². The van der Waals surface area contributed by atoms with Crippen molar-refractivity contribution in [2.45, 2.75) is 25.9 Å². The van der Waals surface area contributed by atoms with Crippen LogP contribution in [-0.2, 0) is 9.53 Å². The van der Waals surface area contributed by atoms with Crippen LogP contribution in [-0.4, -0.2) is 43.1 Å². The minimum atomic E-state index is -4.48. The maximum absolute atomic E-state index is 11.9. The number of nitrogens with zero attached hydrogens (tertiary/aromatic N) is 1. The number of anilines is 2. The van der Waals surface area contributed by atoms with Gasteiger partial charge in [0.2, 0.25) is 0 Å². The molecule has 0 radical (unpaired) electrons. The first-order chi connectivity index (χ1) is 11.3. The van der Waals surface area contributed by atoms with Crippen molar-refractivity contribution in [1.82, 2.24) is 4.98 Å². The molecule has 0 aliphatic heterocycles. The van der Waals surface area contributed by atoms with E-state index in [2.05, 4.69) is 15.6 Å². The van der Waals surface area contributed by atoms with Crippen LogP contribution in [0.4, 0.5) is 23.3 Å². The Kier molecular flexibility index (Phi) is 7.69. The molecular weight excluding hydrogens is 347 g/mol. The summed E-state index contributed by atoms with van der Waals surface area (Å²) in [7, 11) is 1.64. The maximum Gasteiger partial charge on any atom is 0.409 e. The number of alkyl halides is 3. The topological polar surface area (TPSA) is 80.3 Å². The van der Waals surface area contributed by atoms with Crippen molar-refractivity contribution in [2.24, 2.45) is 0 Å². The molecule has 0 saturated heterocycles. The van der Waals surface area contributed by atoms with Gasteiger partial charge in [-0.15, -0.1) is 0 Å². The fourth-order valence-electron chi connectivity index (χ4n) is 1.63. The van der Waals surface area contributed by atoms with Crippen LogP contribution in [0.25, 0.3) is 0 Å². The second-order valence-corrected chi connectivity index (χ2v) is 5.54. The molecule has 24 heavy (non-hydrogen) atoms. The highest BCUT2D eigenvalue weighted by Crippen LogP contribution is 2.28. The Balaban J connectivity index is 2.47. The second kappa shape index (κ2) is 9.26. The van der Waals surface area contributed by atoms with E-state index in [0.717, 1.165) is 0 Å². The summed E-state index contributed by atoms with van der Waals surface area (Å²) < 4.78 is 40.6. The van der Waals surface area contributed by atoms with Gasteiger partial charge in [-0.05, 0) is 19.4 Å². The van der Waals surface area contributed by atoms with Crippen molar-refractivity contribution in [3.05, 3.63) is 17.8 Å². The number of nitrogens with one attached hydrogen (secondary N) is 2. The summed E-state index contributed by atoms with van der Waals surface area (Å²) in [6.45, 7) is 2.26. The third kappa shape index (κ3) is 6.99. The van der Waals surface area contributed by atoms with Crippen molar-refractivity contribution in [3.8, 4) is 0 Å². The number of hydrogen-bond donors (Lipinski definition) is 2. The number of ether oxygens (including phenoxy) is 1. The molecule has 0 fully saturated rings. The normalized spacial score (nSPS) is 11.5. The Morgan fingerprint density at radius 1 is 1.38 bits per heavy atom. The zero-order valence-electron chi connectivity index (χ0n) is 13.2. The van der Waals surface area contributed by atoms with Crippen LogP contribution in [0.3, 0.4) is 0 Å². The summed E-state index contributed by atoms with van der Waals surface area (Å²) >= 11 is 1.20. The van der Waals surface area contributed by atoms with Gasteiger partial charge >= 0.3 is 12.1 Å². The molecule has 0 aliphatic rings. The van der Waals surface area contributed by atoms with Crippen LogP contribution in [0, 0.1) is 0 Å². The van der Waals surface area contributed by atoms with Gasteiger partial charge in [0.15, 0.2) is 16.6 Å². The Labute approximate surface area is 141 Å². The number of halogens is 3. The Morgan fingerprint density at radius 3 is 2.67 bits per heavy atom. The SMILES string of the molecule is CCOC(=O)c1nc(NCCCC(=O)/C=C/C(F)(F)F)sc1NC. The molecule has 10 heteroatoms. The molecule has 0 unspecified atom stereocenters. The number of hydrogen-bond acceptors (Lipinski definition) is 7. The molecule has 0 atom stereocenters. The van der Waals surface area contributed by atoms with Gasteiger partial charge in [0, 0.05) is 26.1 Å². The third-order valence-corrected chi connectivity index (χ3v) is 3.69. The van der Waals surface area contributed by atoms with Crippen molar-refractivity contribution in [1.29, 1.82) is 0 Å². The molecule has 0 aliphatic carbocycles. The standard InChI is InChI=1S/C14H18F3N3O3S/c1-3-23-12(22)10-11(18-2)24-13(20-10)19-8-4-5-9(21)6-7-14(15,16)17/h6-7,18H,3-5,8H2,1-2H3,(H,19,20)/b7-6+. The molecule has 0 bridgehead atoms. The minimum Gasteiger partial charge on any atom is -0.461 e. The molecule has 0 spiro atoms. The zero-order valence-corrected chi connectivity index (χ0v) is 14.0. The highest BCUT2D eigenvalue weighted by atomic mass is 32.1. The van der Waals surface area contributed by atoms with Crippen LogP contribution in [0.15, 0.2) is 12.2 Å². The maximum atomic E-state index is 11.9. The van der Waals surface area contributed by atoms with Gasteiger partial charge in [0.1, 0.15) is 5.00 Å². The molecule has 0 saturated carbocycles. The predicted molar refractivity (Wildman–Crippen MR) is 85.5 cm³/mol. The molecule has 1 aromatic rings. The van der Waals surface area contributed by atoms with Crippen LogP contribution < -0.4 is 10.6 Å². The van der Waals surface area contributed by atoms with E-state index in [1.165, 1.54) is 11.3 Å². The number of rotatable bonds is 9. The summed E-state index contributed by atoms with van der Waals surface area (Å²) in [5.74, 6) is -1.14. The molecule has 6 nitrogen and oxygen atoms in total. The lowest BCUT2D eigenvalue weighted by atomic mass is 10.2. The molecule has 134 valence electrons. The van der Waals surface area contributed by atoms with Gasteiger partial charge < -0.3 is 15.4 Å². The Morgan fingerprint density at radius 2 is 2.08 bits per heavy atom. The molecule has 0 amide bonds. The lowest BCUT2D eigenvalue weighted by Crippen LogP contribution is -2.08. The van der Waals surface area contributed by atoms with Crippen molar-refractivity contribution in [3.63, 3.8) is 0 Å². The first kappa shape index (κ1) is 19.9. The van der Waals surface area contributed by atoms with Gasteiger partial charge in [-0.3, -0.25) is 4.79 Å². The molecule has 1 aromatic heterocycles. The third-order valence-electron chi connectivity index (χ3n) is 2.66. The summed E-state index contributed by atoms with van der Waals surface area (Å²) in [6, 6.07) is 0. The average Bonchev–Trinajstić information content (AvgIpc) is 2.92.